The van der Waals surface area contributed by atoms with Crippen molar-refractivity contribution < 1.29 is 14.3 Å². The molecule has 0 spiro atoms. The molecule has 3 heteroatoms. The molecule has 0 aliphatic carbocycles. The van der Waals surface area contributed by atoms with Crippen LogP contribution in [0.4, 0.5) is 0 Å². The van der Waals surface area contributed by atoms with Crippen LogP contribution in [0.25, 0.3) is 0 Å². The highest BCUT2D eigenvalue weighted by molar-refractivity contribution is 5.85. The van der Waals surface area contributed by atoms with Crippen LogP contribution in [0.3, 0.4) is 0 Å². The number of carbonyl (C=O) groups excluding carboxylic acids is 2. The second-order valence-electron chi connectivity index (χ2n) is 17.9. The summed E-state index contributed by atoms with van der Waals surface area (Å²) in [6.45, 7) is 4.58. The molecular weight excluding hydrogens is 673 g/mol. The van der Waals surface area contributed by atoms with Gasteiger partial charge in [-0.15, -0.1) is 0 Å². The van der Waals surface area contributed by atoms with E-state index in [9.17, 15) is 9.59 Å². The molecule has 0 aromatic carbocycles. The number of ether oxygens (including phenoxy) is 1. The first kappa shape index (κ1) is 54.1. The van der Waals surface area contributed by atoms with Crippen molar-refractivity contribution in [2.75, 3.05) is 0 Å². The summed E-state index contributed by atoms with van der Waals surface area (Å²) >= 11 is 0. The summed E-state index contributed by atoms with van der Waals surface area (Å²) in [6, 6.07) is 0. The summed E-state index contributed by atoms with van der Waals surface area (Å²) in [6.07, 6.45) is 63.8. The Morgan fingerprint density at radius 3 is 0.491 bits per heavy atom. The van der Waals surface area contributed by atoms with E-state index in [0.717, 1.165) is 25.7 Å². The summed E-state index contributed by atoms with van der Waals surface area (Å²) in [4.78, 5) is 24.0. The van der Waals surface area contributed by atoms with Crippen molar-refractivity contribution in [1.82, 2.24) is 0 Å². The van der Waals surface area contributed by atoms with Crippen LogP contribution in [0.15, 0.2) is 0 Å². The van der Waals surface area contributed by atoms with Gasteiger partial charge in [0.15, 0.2) is 0 Å². The molecule has 0 aliphatic rings. The van der Waals surface area contributed by atoms with Gasteiger partial charge in [0.25, 0.3) is 0 Å². The molecule has 0 bridgehead atoms. The van der Waals surface area contributed by atoms with Crippen molar-refractivity contribution in [3.63, 3.8) is 0 Å². The minimum absolute atomic E-state index is 0.318. The van der Waals surface area contributed by atoms with Crippen molar-refractivity contribution >= 4 is 11.9 Å². The smallest absolute Gasteiger partial charge is 0.313 e. The fourth-order valence-electron chi connectivity index (χ4n) is 8.34. The van der Waals surface area contributed by atoms with Gasteiger partial charge in [0, 0.05) is 12.8 Å². The Bertz CT molecular complexity index is 732. The van der Waals surface area contributed by atoms with Gasteiger partial charge in [-0.05, 0) is 12.8 Å². The molecule has 55 heavy (non-hydrogen) atoms. The molecule has 0 saturated carbocycles. The lowest BCUT2D eigenvalue weighted by molar-refractivity contribution is -0.159. The summed E-state index contributed by atoms with van der Waals surface area (Å²) in [5.41, 5.74) is 0. The van der Waals surface area contributed by atoms with Gasteiger partial charge >= 0.3 is 11.9 Å². The summed E-state index contributed by atoms with van der Waals surface area (Å²) in [5.74, 6) is -0.637. The number of hydrogen-bond acceptors (Lipinski definition) is 3. The first-order valence-corrected chi connectivity index (χ1v) is 25.9. The number of rotatable bonds is 48. The Morgan fingerprint density at radius 1 is 0.218 bits per heavy atom. The Morgan fingerprint density at radius 2 is 0.345 bits per heavy atom. The maximum Gasteiger partial charge on any atom is 0.313 e. The highest BCUT2D eigenvalue weighted by Crippen LogP contribution is 2.18. The average molecular weight is 775 g/mol. The molecule has 0 heterocycles. The Labute approximate surface area is 347 Å². The standard InChI is InChI=1S/C52H102O3/c1-3-5-7-9-11-13-15-17-19-20-21-22-23-24-25-26-27-28-29-30-31-32-33-34-36-38-40-42-44-46-48-50-52(54)55-51(53)49-47-45-43-41-39-37-35-18-16-14-12-10-8-6-4-2/h3-50H2,1-2H3. The van der Waals surface area contributed by atoms with Crippen LogP contribution in [-0.2, 0) is 14.3 Å². The third kappa shape index (κ3) is 49.2. The quantitative estimate of drug-likeness (QED) is 0.0351. The van der Waals surface area contributed by atoms with Gasteiger partial charge in [0.1, 0.15) is 0 Å². The molecule has 0 radical (unpaired) electrons. The molecule has 0 amide bonds. The van der Waals surface area contributed by atoms with E-state index in [4.69, 9.17) is 4.74 Å². The molecule has 0 N–H and O–H groups in total. The molecule has 0 unspecified atom stereocenters. The molecular formula is C52H102O3. The molecule has 0 atom stereocenters. The Hall–Kier alpha value is -0.860. The van der Waals surface area contributed by atoms with Gasteiger partial charge in [-0.2, -0.15) is 0 Å². The number of esters is 2. The maximum atomic E-state index is 12.0. The lowest BCUT2D eigenvalue weighted by Crippen LogP contribution is -2.11. The minimum atomic E-state index is -0.319. The molecule has 0 fully saturated rings. The predicted molar refractivity (Wildman–Crippen MR) is 244 cm³/mol. The van der Waals surface area contributed by atoms with Gasteiger partial charge < -0.3 is 4.74 Å². The van der Waals surface area contributed by atoms with Crippen LogP contribution in [-0.4, -0.2) is 11.9 Å². The predicted octanol–water partition coefficient (Wildman–Crippen LogP) is 18.8. The van der Waals surface area contributed by atoms with E-state index in [1.165, 1.54) is 270 Å². The third-order valence-corrected chi connectivity index (χ3v) is 12.2. The molecule has 0 aromatic heterocycles. The molecule has 0 rings (SSSR count). The summed E-state index contributed by atoms with van der Waals surface area (Å²) in [7, 11) is 0. The first-order valence-electron chi connectivity index (χ1n) is 25.9. The van der Waals surface area contributed by atoms with Crippen LogP contribution in [0.1, 0.15) is 322 Å². The van der Waals surface area contributed by atoms with E-state index >= 15 is 0 Å². The van der Waals surface area contributed by atoms with Gasteiger partial charge in [0.05, 0.1) is 0 Å². The SMILES string of the molecule is CCCCCCCCCCCCCCCCCCCCCCCCCCCCCCCCCC(=O)OC(=O)CCCCCCCCCCCCCCCCC. The maximum absolute atomic E-state index is 12.0. The second-order valence-corrected chi connectivity index (χ2v) is 17.9. The van der Waals surface area contributed by atoms with Gasteiger partial charge in [-0.1, -0.05) is 296 Å². The summed E-state index contributed by atoms with van der Waals surface area (Å²) < 4.78 is 5.06. The van der Waals surface area contributed by atoms with Gasteiger partial charge in [-0.3, -0.25) is 9.59 Å². The van der Waals surface area contributed by atoms with Crippen molar-refractivity contribution in [3.05, 3.63) is 0 Å². The van der Waals surface area contributed by atoms with E-state index in [1.807, 2.05) is 0 Å². The van der Waals surface area contributed by atoms with Crippen molar-refractivity contribution in [3.8, 4) is 0 Å². The van der Waals surface area contributed by atoms with Gasteiger partial charge in [0.2, 0.25) is 0 Å². The monoisotopic (exact) mass is 775 g/mol. The Kier molecular flexibility index (Phi) is 48.5. The Balaban J connectivity index is 3.21. The highest BCUT2D eigenvalue weighted by Gasteiger charge is 2.10. The van der Waals surface area contributed by atoms with Gasteiger partial charge in [-0.25, -0.2) is 0 Å². The summed E-state index contributed by atoms with van der Waals surface area (Å²) in [5, 5.41) is 0. The van der Waals surface area contributed by atoms with Crippen LogP contribution in [0.2, 0.25) is 0 Å². The minimum Gasteiger partial charge on any atom is -0.393 e. The van der Waals surface area contributed by atoms with Crippen LogP contribution in [0, 0.1) is 0 Å². The largest absolute Gasteiger partial charge is 0.393 e. The molecule has 328 valence electrons. The van der Waals surface area contributed by atoms with Crippen LogP contribution < -0.4 is 0 Å². The van der Waals surface area contributed by atoms with E-state index in [-0.39, 0.29) is 11.9 Å². The topological polar surface area (TPSA) is 43.4 Å². The zero-order valence-electron chi connectivity index (χ0n) is 38.2. The molecule has 0 aromatic rings. The van der Waals surface area contributed by atoms with Crippen molar-refractivity contribution in [2.24, 2.45) is 0 Å². The fourth-order valence-corrected chi connectivity index (χ4v) is 8.34. The normalized spacial score (nSPS) is 11.5. The zero-order valence-corrected chi connectivity index (χ0v) is 38.2. The number of hydrogen-bond donors (Lipinski definition) is 0. The average Bonchev–Trinajstić information content (AvgIpc) is 3.18. The van der Waals surface area contributed by atoms with Crippen molar-refractivity contribution in [2.45, 2.75) is 322 Å². The van der Waals surface area contributed by atoms with E-state index in [0.29, 0.717) is 12.8 Å². The van der Waals surface area contributed by atoms with E-state index in [1.54, 1.807) is 0 Å². The van der Waals surface area contributed by atoms with Crippen molar-refractivity contribution in [1.29, 1.82) is 0 Å². The van der Waals surface area contributed by atoms with E-state index < -0.39 is 0 Å². The first-order chi connectivity index (χ1) is 27.2. The highest BCUT2D eigenvalue weighted by atomic mass is 16.6. The second kappa shape index (κ2) is 49.3. The molecule has 0 saturated heterocycles. The number of unbranched alkanes of at least 4 members (excludes halogenated alkanes) is 44. The van der Waals surface area contributed by atoms with Crippen LogP contribution >= 0.6 is 0 Å². The zero-order chi connectivity index (χ0) is 39.8. The molecule has 0 aliphatic heterocycles. The van der Waals surface area contributed by atoms with E-state index in [2.05, 4.69) is 13.8 Å². The molecule has 3 nitrogen and oxygen atoms in total. The fraction of sp³-hybridized carbons (Fsp3) is 0.962. The number of carbonyl (C=O) groups is 2. The lowest BCUT2D eigenvalue weighted by Gasteiger charge is -2.05. The third-order valence-electron chi connectivity index (χ3n) is 12.2. The van der Waals surface area contributed by atoms with Crippen LogP contribution in [0.5, 0.6) is 0 Å². The lowest BCUT2D eigenvalue weighted by atomic mass is 10.0.